The first kappa shape index (κ1) is 9.00. The minimum atomic E-state index is 0.439. The van der Waals surface area contributed by atoms with Crippen molar-refractivity contribution in [2.75, 3.05) is 0 Å². The Balaban J connectivity index is 2.04. The first-order chi connectivity index (χ1) is 6.57. The van der Waals surface area contributed by atoms with Crippen LogP contribution in [0, 0.1) is 29.1 Å². The van der Waals surface area contributed by atoms with Crippen molar-refractivity contribution in [1.82, 2.24) is 0 Å². The van der Waals surface area contributed by atoms with Crippen molar-refractivity contribution in [1.29, 1.82) is 0 Å². The van der Waals surface area contributed by atoms with Gasteiger partial charge in [-0.05, 0) is 61.2 Å². The molecule has 0 spiro atoms. The fourth-order valence-electron chi connectivity index (χ4n) is 4.51. The van der Waals surface area contributed by atoms with Crippen LogP contribution in [0.5, 0.6) is 0 Å². The first-order valence-electron chi connectivity index (χ1n) is 6.26. The molecule has 0 radical (unpaired) electrons. The molecule has 0 amide bonds. The zero-order valence-electron chi connectivity index (χ0n) is 9.55. The number of allylic oxidation sites excluding steroid dienone is 1. The third kappa shape index (κ3) is 1.06. The van der Waals surface area contributed by atoms with Gasteiger partial charge >= 0.3 is 0 Å². The predicted molar refractivity (Wildman–Crippen MR) is 60.0 cm³/mol. The van der Waals surface area contributed by atoms with Crippen LogP contribution in [0.15, 0.2) is 12.2 Å². The van der Waals surface area contributed by atoms with Gasteiger partial charge in [-0.3, -0.25) is 0 Å². The fraction of sp³-hybridized carbons (Fsp3) is 0.857. The van der Waals surface area contributed by atoms with Crippen molar-refractivity contribution in [3.8, 4) is 0 Å². The van der Waals surface area contributed by atoms with Crippen LogP contribution in [0.2, 0.25) is 0 Å². The van der Waals surface area contributed by atoms with Crippen molar-refractivity contribution >= 4 is 0 Å². The Kier molecular flexibility index (Phi) is 1.70. The smallest absolute Gasteiger partial charge is 0.0116 e. The molecule has 2 unspecified atom stereocenters. The van der Waals surface area contributed by atoms with Crippen molar-refractivity contribution in [3.05, 3.63) is 12.2 Å². The van der Waals surface area contributed by atoms with E-state index in [-0.39, 0.29) is 0 Å². The summed E-state index contributed by atoms with van der Waals surface area (Å²) in [6.45, 7) is 9.32. The Labute approximate surface area is 87.8 Å². The number of fused-ring (bicyclic) bond motifs is 1. The molecule has 14 heavy (non-hydrogen) atoms. The molecular weight excluding hydrogens is 168 g/mol. The number of rotatable bonds is 0. The average molecular weight is 190 g/mol. The Morgan fingerprint density at radius 2 is 1.57 bits per heavy atom. The molecule has 4 rings (SSSR count). The van der Waals surface area contributed by atoms with Gasteiger partial charge in [-0.25, -0.2) is 0 Å². The molecule has 78 valence electrons. The van der Waals surface area contributed by atoms with Crippen LogP contribution in [0.25, 0.3) is 0 Å². The molecule has 0 aromatic carbocycles. The highest BCUT2D eigenvalue weighted by atomic mass is 14.5. The molecule has 2 atom stereocenters. The Bertz CT molecular complexity index is 260. The van der Waals surface area contributed by atoms with Gasteiger partial charge < -0.3 is 0 Å². The fourth-order valence-corrected chi connectivity index (χ4v) is 4.51. The summed E-state index contributed by atoms with van der Waals surface area (Å²) in [4.78, 5) is 0. The maximum absolute atomic E-state index is 4.42. The van der Waals surface area contributed by atoms with Gasteiger partial charge in [0.15, 0.2) is 0 Å². The van der Waals surface area contributed by atoms with E-state index in [2.05, 4.69) is 20.4 Å². The molecule has 0 aromatic heterocycles. The summed E-state index contributed by atoms with van der Waals surface area (Å²) in [6, 6.07) is 0. The molecule has 0 saturated heterocycles. The molecule has 4 saturated carbocycles. The second-order valence-corrected chi connectivity index (χ2v) is 6.55. The lowest BCUT2D eigenvalue weighted by Gasteiger charge is -2.40. The molecule has 0 aliphatic heterocycles. The summed E-state index contributed by atoms with van der Waals surface area (Å²) in [6.07, 6.45) is 7.47. The second kappa shape index (κ2) is 2.65. The quantitative estimate of drug-likeness (QED) is 0.506. The third-order valence-electron chi connectivity index (χ3n) is 5.48. The zero-order chi connectivity index (χ0) is 9.92. The van der Waals surface area contributed by atoms with Gasteiger partial charge in [0.05, 0.1) is 0 Å². The van der Waals surface area contributed by atoms with Gasteiger partial charge in [0.1, 0.15) is 0 Å². The zero-order valence-corrected chi connectivity index (χ0v) is 9.55. The molecule has 4 fully saturated rings. The monoisotopic (exact) mass is 190 g/mol. The summed E-state index contributed by atoms with van der Waals surface area (Å²) >= 11 is 0. The average Bonchev–Trinajstić information content (AvgIpc) is 2.22. The van der Waals surface area contributed by atoms with Crippen molar-refractivity contribution in [3.63, 3.8) is 0 Å². The SMILES string of the molecule is C=C1C2CC3CC(C2)CC(C3)C1(C)C. The van der Waals surface area contributed by atoms with Gasteiger partial charge in [-0.1, -0.05) is 26.0 Å². The van der Waals surface area contributed by atoms with E-state index in [1.807, 2.05) is 0 Å². The van der Waals surface area contributed by atoms with Crippen molar-refractivity contribution < 1.29 is 0 Å². The largest absolute Gasteiger partial charge is 0.0990 e. The number of hydrogen-bond donors (Lipinski definition) is 0. The standard InChI is InChI=1S/C14H22/c1-9-12-5-10-4-11(6-12)8-13(7-10)14(9,2)3/h10-13H,1,4-8H2,2-3H3. The van der Waals surface area contributed by atoms with E-state index in [1.54, 1.807) is 5.57 Å². The summed E-state index contributed by atoms with van der Waals surface area (Å²) in [5.41, 5.74) is 2.03. The molecule has 0 heteroatoms. The normalized spacial score (nSPS) is 49.4. The van der Waals surface area contributed by atoms with Crippen LogP contribution in [-0.4, -0.2) is 0 Å². The highest BCUT2D eigenvalue weighted by molar-refractivity contribution is 5.19. The Morgan fingerprint density at radius 3 is 2.14 bits per heavy atom. The minimum Gasteiger partial charge on any atom is -0.0990 e. The summed E-state index contributed by atoms with van der Waals surface area (Å²) < 4.78 is 0. The number of hydrogen-bond acceptors (Lipinski definition) is 0. The molecule has 4 bridgehead atoms. The highest BCUT2D eigenvalue weighted by Gasteiger charge is 2.48. The van der Waals surface area contributed by atoms with E-state index in [0.29, 0.717) is 5.41 Å². The van der Waals surface area contributed by atoms with Crippen LogP contribution in [0.4, 0.5) is 0 Å². The van der Waals surface area contributed by atoms with Gasteiger partial charge in [0.25, 0.3) is 0 Å². The summed E-state index contributed by atoms with van der Waals surface area (Å²) in [5, 5.41) is 0. The van der Waals surface area contributed by atoms with E-state index in [9.17, 15) is 0 Å². The molecular formula is C14H22. The molecule has 0 N–H and O–H groups in total. The summed E-state index contributed by atoms with van der Waals surface area (Å²) in [7, 11) is 0. The van der Waals surface area contributed by atoms with E-state index in [0.717, 1.165) is 23.7 Å². The summed E-state index contributed by atoms with van der Waals surface area (Å²) in [5.74, 6) is 3.93. The molecule has 0 nitrogen and oxygen atoms in total. The van der Waals surface area contributed by atoms with Crippen LogP contribution in [-0.2, 0) is 0 Å². The van der Waals surface area contributed by atoms with Crippen LogP contribution in [0.3, 0.4) is 0 Å². The van der Waals surface area contributed by atoms with Gasteiger partial charge in [0.2, 0.25) is 0 Å². The van der Waals surface area contributed by atoms with Crippen LogP contribution >= 0.6 is 0 Å². The molecule has 0 aromatic rings. The van der Waals surface area contributed by atoms with Crippen LogP contribution in [0.1, 0.15) is 46.0 Å². The lowest BCUT2D eigenvalue weighted by Crippen LogP contribution is -2.30. The van der Waals surface area contributed by atoms with E-state index in [4.69, 9.17) is 0 Å². The predicted octanol–water partition coefficient (Wildman–Crippen LogP) is 4.02. The van der Waals surface area contributed by atoms with E-state index < -0.39 is 0 Å². The van der Waals surface area contributed by atoms with E-state index in [1.165, 1.54) is 32.1 Å². The first-order valence-corrected chi connectivity index (χ1v) is 6.26. The van der Waals surface area contributed by atoms with Crippen molar-refractivity contribution in [2.24, 2.45) is 29.1 Å². The molecule has 0 heterocycles. The Hall–Kier alpha value is -0.260. The van der Waals surface area contributed by atoms with E-state index >= 15 is 0 Å². The lowest BCUT2D eigenvalue weighted by atomic mass is 9.65. The van der Waals surface area contributed by atoms with Crippen LogP contribution < -0.4 is 0 Å². The Morgan fingerprint density at radius 1 is 1.00 bits per heavy atom. The van der Waals surface area contributed by atoms with Gasteiger partial charge in [0, 0.05) is 0 Å². The molecule has 4 aliphatic carbocycles. The maximum Gasteiger partial charge on any atom is -0.0116 e. The maximum atomic E-state index is 4.42. The highest BCUT2D eigenvalue weighted by Crippen LogP contribution is 2.59. The van der Waals surface area contributed by atoms with Crippen molar-refractivity contribution in [2.45, 2.75) is 46.0 Å². The lowest BCUT2D eigenvalue weighted by molar-refractivity contribution is 0.106. The third-order valence-corrected chi connectivity index (χ3v) is 5.48. The molecule has 4 aliphatic rings. The second-order valence-electron chi connectivity index (χ2n) is 6.55. The topological polar surface area (TPSA) is 0 Å². The van der Waals surface area contributed by atoms with Gasteiger partial charge in [-0.2, -0.15) is 0 Å². The van der Waals surface area contributed by atoms with Gasteiger partial charge in [-0.15, -0.1) is 0 Å². The minimum absolute atomic E-state index is 0.439.